The number of nitrogens with two attached hydrogens (primary N) is 1. The number of carbonyl (C=O) groups excluding carboxylic acids is 1. The predicted molar refractivity (Wildman–Crippen MR) is 67.1 cm³/mol. The molecule has 102 valence electrons. The molecule has 1 saturated carbocycles. The van der Waals surface area contributed by atoms with E-state index in [0.29, 0.717) is 17.7 Å². The Labute approximate surface area is 111 Å². The molecule has 6 nitrogen and oxygen atoms in total. The SMILES string of the molecule is NS(=O)(=O)c1ccc2c(c1)CC(C(=O)NC1CC1)O2. The largest absolute Gasteiger partial charge is 0.480 e. The summed E-state index contributed by atoms with van der Waals surface area (Å²) in [6.07, 6.45) is 1.82. The van der Waals surface area contributed by atoms with E-state index in [0.717, 1.165) is 12.8 Å². The fraction of sp³-hybridized carbons (Fsp3) is 0.417. The molecule has 0 saturated heterocycles. The zero-order valence-electron chi connectivity index (χ0n) is 10.1. The molecule has 0 radical (unpaired) electrons. The highest BCUT2D eigenvalue weighted by Gasteiger charge is 2.33. The highest BCUT2D eigenvalue weighted by Crippen LogP contribution is 2.31. The number of rotatable bonds is 3. The van der Waals surface area contributed by atoms with Crippen molar-refractivity contribution in [1.29, 1.82) is 0 Å². The van der Waals surface area contributed by atoms with Crippen molar-refractivity contribution in [3.8, 4) is 5.75 Å². The Morgan fingerprint density at radius 3 is 2.74 bits per heavy atom. The Bertz CT molecular complexity index is 637. The van der Waals surface area contributed by atoms with Gasteiger partial charge in [0.1, 0.15) is 5.75 Å². The van der Waals surface area contributed by atoms with E-state index in [9.17, 15) is 13.2 Å². The first-order valence-corrected chi connectivity index (χ1v) is 7.61. The number of amides is 1. The topological polar surface area (TPSA) is 98.5 Å². The Morgan fingerprint density at radius 1 is 1.37 bits per heavy atom. The van der Waals surface area contributed by atoms with Gasteiger partial charge in [0.15, 0.2) is 6.10 Å². The van der Waals surface area contributed by atoms with Crippen molar-refractivity contribution in [3.63, 3.8) is 0 Å². The summed E-state index contributed by atoms with van der Waals surface area (Å²) in [5.41, 5.74) is 0.697. The average Bonchev–Trinajstić information content (AvgIpc) is 3.03. The van der Waals surface area contributed by atoms with Gasteiger partial charge in [0.2, 0.25) is 10.0 Å². The standard InChI is InChI=1S/C12H14N2O4S/c13-19(16,17)9-3-4-10-7(5-9)6-11(18-10)12(15)14-8-1-2-8/h3-5,8,11H,1-2,6H2,(H,14,15)(H2,13,16,17). The number of hydrogen-bond donors (Lipinski definition) is 2. The van der Waals surface area contributed by atoms with Crippen LogP contribution in [0.25, 0.3) is 0 Å². The number of benzene rings is 1. The summed E-state index contributed by atoms with van der Waals surface area (Å²) in [7, 11) is -3.73. The van der Waals surface area contributed by atoms with Gasteiger partial charge in [-0.1, -0.05) is 0 Å². The number of sulfonamides is 1. The van der Waals surface area contributed by atoms with Crippen molar-refractivity contribution in [1.82, 2.24) is 5.32 Å². The van der Waals surface area contributed by atoms with Gasteiger partial charge in [0, 0.05) is 12.5 Å². The molecule has 7 heteroatoms. The monoisotopic (exact) mass is 282 g/mol. The summed E-state index contributed by atoms with van der Waals surface area (Å²) in [4.78, 5) is 11.9. The second-order valence-electron chi connectivity index (χ2n) is 4.91. The van der Waals surface area contributed by atoms with Gasteiger partial charge in [-0.2, -0.15) is 0 Å². The molecule has 1 amide bonds. The zero-order chi connectivity index (χ0) is 13.6. The van der Waals surface area contributed by atoms with Crippen LogP contribution in [0.15, 0.2) is 23.1 Å². The molecule has 1 aromatic carbocycles. The summed E-state index contributed by atoms with van der Waals surface area (Å²) in [6, 6.07) is 4.67. The molecule has 1 aliphatic heterocycles. The molecular weight excluding hydrogens is 268 g/mol. The number of carbonyl (C=O) groups is 1. The zero-order valence-corrected chi connectivity index (χ0v) is 10.9. The van der Waals surface area contributed by atoms with Crippen LogP contribution >= 0.6 is 0 Å². The molecule has 1 atom stereocenters. The average molecular weight is 282 g/mol. The van der Waals surface area contributed by atoms with Crippen LogP contribution in [-0.2, 0) is 21.2 Å². The maximum atomic E-state index is 11.9. The third-order valence-corrected chi connectivity index (χ3v) is 4.16. The van der Waals surface area contributed by atoms with Gasteiger partial charge in [0.25, 0.3) is 5.91 Å². The lowest BCUT2D eigenvalue weighted by Gasteiger charge is -2.10. The normalized spacial score (nSPS) is 21.6. The fourth-order valence-corrected chi connectivity index (χ4v) is 2.63. The van der Waals surface area contributed by atoms with Crippen molar-refractivity contribution in [2.75, 3.05) is 0 Å². The molecule has 0 bridgehead atoms. The van der Waals surface area contributed by atoms with Crippen LogP contribution in [0, 0.1) is 0 Å². The quantitative estimate of drug-likeness (QED) is 0.809. The van der Waals surface area contributed by atoms with E-state index in [1.165, 1.54) is 12.1 Å². The maximum absolute atomic E-state index is 11.9. The van der Waals surface area contributed by atoms with Crippen LogP contribution in [0.1, 0.15) is 18.4 Å². The summed E-state index contributed by atoms with van der Waals surface area (Å²) in [5, 5.41) is 7.94. The fourth-order valence-electron chi connectivity index (χ4n) is 2.07. The predicted octanol–water partition coefficient (Wildman–Crippen LogP) is -0.0839. The number of fused-ring (bicyclic) bond motifs is 1. The summed E-state index contributed by atoms with van der Waals surface area (Å²) < 4.78 is 28.0. The van der Waals surface area contributed by atoms with Gasteiger partial charge in [-0.25, -0.2) is 13.6 Å². The van der Waals surface area contributed by atoms with Crippen molar-refractivity contribution >= 4 is 15.9 Å². The molecule has 19 heavy (non-hydrogen) atoms. The van der Waals surface area contributed by atoms with E-state index in [4.69, 9.17) is 9.88 Å². The van der Waals surface area contributed by atoms with Crippen LogP contribution in [0.2, 0.25) is 0 Å². The molecule has 1 aliphatic carbocycles. The number of primary sulfonamides is 1. The molecule has 3 N–H and O–H groups in total. The van der Waals surface area contributed by atoms with Gasteiger partial charge >= 0.3 is 0 Å². The Kier molecular flexibility index (Phi) is 2.75. The van der Waals surface area contributed by atoms with Crippen molar-refractivity contribution in [2.45, 2.75) is 36.3 Å². The van der Waals surface area contributed by atoms with E-state index in [2.05, 4.69) is 5.32 Å². The first kappa shape index (κ1) is 12.4. The molecule has 3 rings (SSSR count). The van der Waals surface area contributed by atoms with E-state index in [-0.39, 0.29) is 16.8 Å². The molecule has 0 aromatic heterocycles. The van der Waals surface area contributed by atoms with Crippen LogP contribution in [-0.4, -0.2) is 26.5 Å². The highest BCUT2D eigenvalue weighted by atomic mass is 32.2. The van der Waals surface area contributed by atoms with Crippen LogP contribution in [0.5, 0.6) is 5.75 Å². The lowest BCUT2D eigenvalue weighted by Crippen LogP contribution is -2.38. The summed E-state index contributed by atoms with van der Waals surface area (Å²) in [5.74, 6) is 0.402. The molecule has 1 unspecified atom stereocenters. The van der Waals surface area contributed by atoms with Crippen molar-refractivity contribution < 1.29 is 17.9 Å². The summed E-state index contributed by atoms with van der Waals surface area (Å²) in [6.45, 7) is 0. The van der Waals surface area contributed by atoms with Crippen molar-refractivity contribution in [3.05, 3.63) is 23.8 Å². The van der Waals surface area contributed by atoms with Gasteiger partial charge in [0.05, 0.1) is 4.90 Å². The van der Waals surface area contributed by atoms with Gasteiger partial charge in [-0.15, -0.1) is 0 Å². The highest BCUT2D eigenvalue weighted by molar-refractivity contribution is 7.89. The molecule has 1 aromatic rings. The maximum Gasteiger partial charge on any atom is 0.261 e. The minimum absolute atomic E-state index is 0.0399. The Hall–Kier alpha value is -1.60. The third-order valence-electron chi connectivity index (χ3n) is 3.25. The van der Waals surface area contributed by atoms with E-state index in [1.807, 2.05) is 0 Å². The molecule has 1 fully saturated rings. The lowest BCUT2D eigenvalue weighted by molar-refractivity contribution is -0.127. The Morgan fingerprint density at radius 2 is 2.11 bits per heavy atom. The van der Waals surface area contributed by atoms with Crippen LogP contribution in [0.3, 0.4) is 0 Å². The van der Waals surface area contributed by atoms with Crippen LogP contribution in [0.4, 0.5) is 0 Å². The number of nitrogens with one attached hydrogen (secondary N) is 1. The Balaban J connectivity index is 1.78. The van der Waals surface area contributed by atoms with E-state index < -0.39 is 16.1 Å². The number of hydrogen-bond acceptors (Lipinski definition) is 4. The van der Waals surface area contributed by atoms with Crippen LogP contribution < -0.4 is 15.2 Å². The molecule has 1 heterocycles. The second-order valence-corrected chi connectivity index (χ2v) is 6.47. The van der Waals surface area contributed by atoms with Gasteiger partial charge in [-0.3, -0.25) is 4.79 Å². The minimum atomic E-state index is -3.73. The van der Waals surface area contributed by atoms with E-state index >= 15 is 0 Å². The minimum Gasteiger partial charge on any atom is -0.480 e. The smallest absolute Gasteiger partial charge is 0.261 e. The first-order chi connectivity index (χ1) is 8.93. The molecule has 0 spiro atoms. The number of ether oxygens (including phenoxy) is 1. The van der Waals surface area contributed by atoms with E-state index in [1.54, 1.807) is 6.07 Å². The summed E-state index contributed by atoms with van der Waals surface area (Å²) >= 11 is 0. The molecular formula is C12H14N2O4S. The first-order valence-electron chi connectivity index (χ1n) is 6.06. The molecule has 2 aliphatic rings. The second kappa shape index (κ2) is 4.21. The van der Waals surface area contributed by atoms with Gasteiger partial charge < -0.3 is 10.1 Å². The van der Waals surface area contributed by atoms with Gasteiger partial charge in [-0.05, 0) is 36.6 Å². The lowest BCUT2D eigenvalue weighted by atomic mass is 10.1. The van der Waals surface area contributed by atoms with Crippen molar-refractivity contribution in [2.24, 2.45) is 5.14 Å². The third kappa shape index (κ3) is 2.57.